The maximum absolute atomic E-state index is 10.0. The third-order valence-corrected chi connectivity index (χ3v) is 23.8. The van der Waals surface area contributed by atoms with Crippen LogP contribution in [0.5, 0.6) is 0 Å². The Morgan fingerprint density at radius 3 is 1.17 bits per heavy atom. The van der Waals surface area contributed by atoms with Gasteiger partial charge in [-0.05, 0) is 174 Å². The number of thiophene rings is 1. The predicted molar refractivity (Wildman–Crippen MR) is 550 cm³/mol. The number of hydrogen-bond donors (Lipinski definition) is 2. The number of para-hydroxylation sites is 2. The topological polar surface area (TPSA) is 195 Å². The third kappa shape index (κ3) is 30.7. The number of aromatic nitrogens is 8. The standard InChI is InChI=1S/C36H46N4.4C15H10N.C13H8NS.2C5H8O2.5Ir.Pt/c1-9-21-22(10-2)30-18-32-25(13-5)26(14-6)34(39-32)20-36-28(16-8)27(15-7)35(40-36)19-33-24(12-4)23(11-3)31(38-33)17-29(21)37-30;2*1-2-7-13(8-3-1)15-14-9-5-4-6-12(14)10-11-16-15;2*1-2-6-12(7-3-1)15-11-10-13-8-4-5-9-14(13)16-15;1-2-7-12-10(5-1)9-13(15-12)11-6-3-4-8-14-11;2*1-4(6)3-5(2)7;;;;;;/h17-21,29H,9-16H2,1-8H3;2*1-7,9-11H;2*1-6,8-11H;1-8H;2*3,6H,1-2H3;;;;;;/q-4;5*-1;;;;;;;;+4. The van der Waals surface area contributed by atoms with Gasteiger partial charge >= 0.3 is 21.1 Å². The average Bonchev–Trinajstić information content (AvgIpc) is 1.61. The molecule has 0 saturated heterocycles. The minimum absolute atomic E-state index is 0. The van der Waals surface area contributed by atoms with Crippen molar-refractivity contribution < 1.29 is 141 Å². The summed E-state index contributed by atoms with van der Waals surface area (Å²) >= 11 is 1.73. The quantitative estimate of drug-likeness (QED) is 0.0561. The molecule has 8 bridgehead atoms. The zero-order valence-corrected chi connectivity index (χ0v) is 94.7. The van der Waals surface area contributed by atoms with Crippen LogP contribution in [0.3, 0.4) is 0 Å². The molecule has 2 unspecified atom stereocenters. The zero-order valence-electron chi connectivity index (χ0n) is 79.6. The van der Waals surface area contributed by atoms with Crippen molar-refractivity contribution in [2.24, 2.45) is 5.92 Å². The molecule has 11 heterocycles. The minimum atomic E-state index is -0.125. The number of hydrogen-bond acceptors (Lipinski definition) is 10. The van der Waals surface area contributed by atoms with E-state index in [4.69, 9.17) is 30.5 Å². The fourth-order valence-corrected chi connectivity index (χ4v) is 17.7. The van der Waals surface area contributed by atoms with Gasteiger partial charge in [0.05, 0.1) is 22.6 Å². The second-order valence-electron chi connectivity index (χ2n) is 31.8. The molecule has 0 saturated carbocycles. The van der Waals surface area contributed by atoms with Crippen LogP contribution in [0.2, 0.25) is 0 Å². The molecule has 20 rings (SSSR count). The molecule has 9 aromatic carbocycles. The van der Waals surface area contributed by atoms with E-state index in [0.29, 0.717) is 5.92 Å². The van der Waals surface area contributed by atoms with Gasteiger partial charge < -0.3 is 45.4 Å². The van der Waals surface area contributed by atoms with Crippen molar-refractivity contribution in [1.82, 2.24) is 39.9 Å². The van der Waals surface area contributed by atoms with Gasteiger partial charge in [-0.2, -0.15) is 0 Å². The molecular weight excluding hydrogens is 2810 g/mol. The Labute approximate surface area is 903 Å². The summed E-state index contributed by atoms with van der Waals surface area (Å²) in [4.78, 5) is 59.4. The van der Waals surface area contributed by atoms with Crippen LogP contribution in [0.15, 0.2) is 327 Å². The first-order chi connectivity index (χ1) is 64.9. The minimum Gasteiger partial charge on any atom is -0.678 e. The molecular formula is C119H110Ir5N9O4PtS-5. The SMILES string of the molecule is CC(=O)C=C(C)O.CC(=O)C=C(C)O.CCC1=C2C=c3[n-]c(c(CC)c3CC)=Cc3[n-]c(c(CC)c3CC)C=c3[n-]c(c(CC)c3CC)=CC([N-]2)C1CC.[Ir].[Ir].[Ir].[Ir].[Ir].[Pt+4].[c-]1c(-c2ccccn2)sc2ccccc12.[c-]1ccccc1-c1ccc2ccccc2n1.[c-]1ccccc1-c1ccc2ccccc2n1.[c-]1ccccc1-c1nccc2ccccc12.[c-]1ccccc1-c1nccc2ccccc12. The van der Waals surface area contributed by atoms with Crippen LogP contribution >= 0.6 is 11.3 Å². The number of aliphatic hydroxyl groups is 2. The van der Waals surface area contributed by atoms with Gasteiger partial charge in [0.15, 0.2) is 11.6 Å². The summed E-state index contributed by atoms with van der Waals surface area (Å²) in [5.41, 5.74) is 24.0. The Balaban J connectivity index is 0.000000228. The fraction of sp³-hybridized carbons (Fsp3) is 0.185. The fourth-order valence-electron chi connectivity index (χ4n) is 16.7. The van der Waals surface area contributed by atoms with Crippen molar-refractivity contribution in [2.75, 3.05) is 0 Å². The number of fused-ring (bicyclic) bond motifs is 13. The monoisotopic (exact) mass is 2920 g/mol. The molecule has 2 aliphatic heterocycles. The van der Waals surface area contributed by atoms with Crippen LogP contribution < -0.4 is 36.3 Å². The van der Waals surface area contributed by atoms with E-state index in [1.54, 1.807) is 11.3 Å². The number of allylic oxidation sites excluding steroid dienone is 5. The van der Waals surface area contributed by atoms with Gasteiger partial charge in [-0.3, -0.25) is 19.6 Å². The van der Waals surface area contributed by atoms with Crippen molar-refractivity contribution in [3.63, 3.8) is 0 Å². The Morgan fingerprint density at radius 1 is 0.381 bits per heavy atom. The summed E-state index contributed by atoms with van der Waals surface area (Å²) in [6.45, 7) is 23.8. The van der Waals surface area contributed by atoms with Crippen LogP contribution in [0.4, 0.5) is 0 Å². The van der Waals surface area contributed by atoms with E-state index in [1.165, 1.54) is 121 Å². The molecule has 2 N–H and O–H groups in total. The molecule has 721 valence electrons. The summed E-state index contributed by atoms with van der Waals surface area (Å²) in [5, 5.41) is 34.7. The van der Waals surface area contributed by atoms with E-state index in [1.807, 2.05) is 225 Å². The van der Waals surface area contributed by atoms with Gasteiger partial charge in [-0.1, -0.05) is 258 Å². The van der Waals surface area contributed by atoms with E-state index >= 15 is 0 Å². The van der Waals surface area contributed by atoms with Gasteiger partial charge in [0.1, 0.15) is 0 Å². The molecule has 0 spiro atoms. The summed E-state index contributed by atoms with van der Waals surface area (Å²) in [6.07, 6.45) is 24.9. The van der Waals surface area contributed by atoms with Gasteiger partial charge in [0, 0.05) is 137 Å². The van der Waals surface area contributed by atoms with Crippen molar-refractivity contribution in [3.05, 3.63) is 428 Å². The summed E-state index contributed by atoms with van der Waals surface area (Å²) in [6, 6.07) is 107. The first-order valence-corrected chi connectivity index (χ1v) is 46.5. The molecule has 139 heavy (non-hydrogen) atoms. The molecule has 9 aromatic heterocycles. The molecule has 2 aliphatic rings. The molecule has 0 amide bonds. The van der Waals surface area contributed by atoms with Crippen molar-refractivity contribution >= 4 is 101 Å². The van der Waals surface area contributed by atoms with E-state index in [-0.39, 0.29) is 151 Å². The van der Waals surface area contributed by atoms with Gasteiger partial charge in [-0.15, -0.1) is 212 Å². The second-order valence-corrected chi connectivity index (χ2v) is 32.9. The predicted octanol–water partition coefficient (Wildman–Crippen LogP) is 25.2. The number of aliphatic hydroxyl groups excluding tert-OH is 2. The van der Waals surface area contributed by atoms with Crippen molar-refractivity contribution in [1.29, 1.82) is 0 Å². The van der Waals surface area contributed by atoms with Crippen molar-refractivity contribution in [2.45, 2.75) is 140 Å². The molecule has 13 nitrogen and oxygen atoms in total. The van der Waals surface area contributed by atoms with Gasteiger partial charge in [-0.25, -0.2) is 11.3 Å². The van der Waals surface area contributed by atoms with Crippen LogP contribution in [0, 0.1) is 36.2 Å². The first-order valence-electron chi connectivity index (χ1n) is 45.6. The number of carbonyl (C=O) groups excluding carboxylic acids is 2. The second kappa shape index (κ2) is 58.2. The Morgan fingerprint density at radius 2 is 0.777 bits per heavy atom. The summed E-state index contributed by atoms with van der Waals surface area (Å²) < 4.78 is 1.26. The van der Waals surface area contributed by atoms with Crippen LogP contribution in [0.1, 0.15) is 141 Å². The Hall–Kier alpha value is -11.1. The maximum Gasteiger partial charge on any atom is 4.00 e. The maximum atomic E-state index is 10.0. The number of nitrogens with zero attached hydrogens (tertiary/aromatic N) is 9. The smallest absolute Gasteiger partial charge is 0.678 e. The van der Waals surface area contributed by atoms with Crippen molar-refractivity contribution in [3.8, 4) is 55.6 Å². The normalized spacial score (nSPS) is 12.4. The molecule has 0 fully saturated rings. The van der Waals surface area contributed by atoms with Crippen LogP contribution in [-0.4, -0.2) is 52.7 Å². The van der Waals surface area contributed by atoms with E-state index in [2.05, 4.69) is 202 Å². The molecule has 5 radical (unpaired) electrons. The van der Waals surface area contributed by atoms with Gasteiger partial charge in [0.2, 0.25) is 0 Å². The van der Waals surface area contributed by atoms with Crippen LogP contribution in [-0.2, 0) is 170 Å². The van der Waals surface area contributed by atoms with E-state index < -0.39 is 0 Å². The largest absolute Gasteiger partial charge is 4.00 e. The van der Waals surface area contributed by atoms with Gasteiger partial charge in [0.25, 0.3) is 0 Å². The van der Waals surface area contributed by atoms with E-state index in [0.717, 1.165) is 156 Å². The molecule has 0 aliphatic carbocycles. The average molecular weight is 2920 g/mol. The third-order valence-electron chi connectivity index (χ3n) is 22.8. The van der Waals surface area contributed by atoms with Crippen LogP contribution in [0.25, 0.3) is 139 Å². The number of rotatable bonds is 15. The Kier molecular flexibility index (Phi) is 48.1. The number of carbonyl (C=O) groups is 2. The summed E-state index contributed by atoms with van der Waals surface area (Å²) in [5.74, 6) is 0.278. The number of ketones is 2. The first kappa shape index (κ1) is 115. The molecule has 20 heteroatoms. The number of pyridine rings is 5. The number of benzene rings is 9. The zero-order chi connectivity index (χ0) is 93.5. The molecule has 2 atom stereocenters. The van der Waals surface area contributed by atoms with E-state index in [9.17, 15) is 9.59 Å². The molecule has 18 aromatic rings. The summed E-state index contributed by atoms with van der Waals surface area (Å²) in [7, 11) is 0. The Bertz CT molecular complexity index is 7050.